The zero-order valence-electron chi connectivity index (χ0n) is 13.8. The molecular weight excluding hydrogens is 355 g/mol. The smallest absolute Gasteiger partial charge is 0.272 e. The lowest BCUT2D eigenvalue weighted by Crippen LogP contribution is -2.33. The molecule has 2 aromatic heterocycles. The fourth-order valence-electron chi connectivity index (χ4n) is 2.84. The van der Waals surface area contributed by atoms with E-state index in [0.717, 1.165) is 12.8 Å². The molecule has 0 aliphatic heterocycles. The van der Waals surface area contributed by atoms with Crippen LogP contribution in [0.25, 0.3) is 11.4 Å². The van der Waals surface area contributed by atoms with Crippen molar-refractivity contribution in [3.05, 3.63) is 70.8 Å². The first-order valence-corrected chi connectivity index (χ1v) is 8.72. The normalized spacial score (nSPS) is 13.6. The molecular formula is C19H16ClFN4O. The monoisotopic (exact) mass is 370 g/mol. The van der Waals surface area contributed by atoms with Gasteiger partial charge in [-0.05, 0) is 43.2 Å². The Hall–Kier alpha value is -2.73. The molecule has 1 amide bonds. The minimum absolute atomic E-state index is 0.0970. The third kappa shape index (κ3) is 3.32. The van der Waals surface area contributed by atoms with Crippen LogP contribution in [0, 0.1) is 5.82 Å². The number of carbonyl (C=O) groups is 1. The van der Waals surface area contributed by atoms with Crippen molar-refractivity contribution in [1.29, 1.82) is 0 Å². The fraction of sp³-hybridized carbons (Fsp3) is 0.211. The highest BCUT2D eigenvalue weighted by Gasteiger charge is 2.34. The second-order valence-corrected chi connectivity index (χ2v) is 6.65. The van der Waals surface area contributed by atoms with Crippen LogP contribution in [0.2, 0.25) is 5.02 Å². The van der Waals surface area contributed by atoms with Gasteiger partial charge >= 0.3 is 0 Å². The third-order valence-electron chi connectivity index (χ3n) is 4.37. The first-order chi connectivity index (χ1) is 12.6. The summed E-state index contributed by atoms with van der Waals surface area (Å²) < 4.78 is 14.1. The summed E-state index contributed by atoms with van der Waals surface area (Å²) in [4.78, 5) is 18.8. The lowest BCUT2D eigenvalue weighted by molar-refractivity contribution is 0.0722. The van der Waals surface area contributed by atoms with E-state index in [1.54, 1.807) is 29.3 Å². The second kappa shape index (κ2) is 6.88. The van der Waals surface area contributed by atoms with Crippen molar-refractivity contribution in [3.63, 3.8) is 0 Å². The van der Waals surface area contributed by atoms with E-state index in [-0.39, 0.29) is 18.5 Å². The van der Waals surface area contributed by atoms with Crippen molar-refractivity contribution >= 4 is 17.5 Å². The zero-order valence-corrected chi connectivity index (χ0v) is 14.6. The van der Waals surface area contributed by atoms with Gasteiger partial charge in [-0.25, -0.2) is 4.39 Å². The minimum atomic E-state index is -0.408. The molecule has 7 heteroatoms. The summed E-state index contributed by atoms with van der Waals surface area (Å²) in [6.45, 7) is 0.132. The highest BCUT2D eigenvalue weighted by atomic mass is 35.5. The molecule has 0 bridgehead atoms. The van der Waals surface area contributed by atoms with Gasteiger partial charge < -0.3 is 4.90 Å². The highest BCUT2D eigenvalue weighted by Crippen LogP contribution is 2.32. The number of amides is 1. The van der Waals surface area contributed by atoms with Crippen LogP contribution < -0.4 is 0 Å². The molecule has 26 heavy (non-hydrogen) atoms. The zero-order chi connectivity index (χ0) is 18.1. The molecule has 2 heterocycles. The maximum atomic E-state index is 14.1. The summed E-state index contributed by atoms with van der Waals surface area (Å²) in [7, 11) is 0. The molecule has 132 valence electrons. The maximum absolute atomic E-state index is 14.1. The van der Waals surface area contributed by atoms with Crippen LogP contribution in [0.4, 0.5) is 4.39 Å². The van der Waals surface area contributed by atoms with Crippen molar-refractivity contribution in [2.24, 2.45) is 0 Å². The summed E-state index contributed by atoms with van der Waals surface area (Å²) in [6.07, 6.45) is 3.47. The molecule has 1 N–H and O–H groups in total. The number of H-pyrrole nitrogens is 1. The topological polar surface area (TPSA) is 61.9 Å². The molecule has 1 saturated carbocycles. The Morgan fingerprint density at radius 1 is 1.23 bits per heavy atom. The van der Waals surface area contributed by atoms with E-state index in [4.69, 9.17) is 11.6 Å². The molecule has 4 rings (SSSR count). The largest absolute Gasteiger partial charge is 0.330 e. The predicted molar refractivity (Wildman–Crippen MR) is 96.1 cm³/mol. The Morgan fingerprint density at radius 2 is 2.08 bits per heavy atom. The number of aromatic amines is 1. The van der Waals surface area contributed by atoms with Crippen LogP contribution in [-0.2, 0) is 6.54 Å². The van der Waals surface area contributed by atoms with E-state index in [2.05, 4.69) is 15.2 Å². The van der Waals surface area contributed by atoms with Crippen LogP contribution in [-0.4, -0.2) is 32.0 Å². The summed E-state index contributed by atoms with van der Waals surface area (Å²) in [5, 5.41) is 7.27. The second-order valence-electron chi connectivity index (χ2n) is 6.25. The molecule has 1 aliphatic rings. The first kappa shape index (κ1) is 16.7. The molecule has 1 aromatic carbocycles. The van der Waals surface area contributed by atoms with Gasteiger partial charge in [0.1, 0.15) is 17.2 Å². The van der Waals surface area contributed by atoms with Crippen LogP contribution in [0.15, 0.2) is 48.7 Å². The number of hydrogen-bond donors (Lipinski definition) is 1. The fourth-order valence-corrected chi connectivity index (χ4v) is 3.06. The molecule has 1 fully saturated rings. The Bertz CT molecular complexity index is 919. The van der Waals surface area contributed by atoms with Crippen LogP contribution >= 0.6 is 11.6 Å². The number of carbonyl (C=O) groups excluding carboxylic acids is 1. The van der Waals surface area contributed by atoms with Crippen LogP contribution in [0.1, 0.15) is 28.9 Å². The van der Waals surface area contributed by atoms with Crippen LogP contribution in [0.3, 0.4) is 0 Å². The lowest BCUT2D eigenvalue weighted by atomic mass is 10.1. The number of pyridine rings is 1. The van der Waals surface area contributed by atoms with E-state index in [0.29, 0.717) is 27.7 Å². The molecule has 0 saturated heterocycles. The van der Waals surface area contributed by atoms with Gasteiger partial charge in [-0.1, -0.05) is 23.7 Å². The first-order valence-electron chi connectivity index (χ1n) is 8.34. The van der Waals surface area contributed by atoms with E-state index in [9.17, 15) is 9.18 Å². The molecule has 5 nitrogen and oxygen atoms in total. The van der Waals surface area contributed by atoms with Crippen molar-refractivity contribution in [3.8, 4) is 11.4 Å². The standard InChI is InChI=1S/C19H16ClFN4O/c20-14-4-3-5-15(21)13(14)11-25(12-7-8-12)19(26)18-10-17(23-24-18)16-6-1-2-9-22-16/h1-6,9-10,12H,7-8,11H2,(H,23,24). The molecule has 0 radical (unpaired) electrons. The van der Waals surface area contributed by atoms with Gasteiger partial charge in [0.05, 0.1) is 12.2 Å². The summed E-state index contributed by atoms with van der Waals surface area (Å²) in [5.41, 5.74) is 1.95. The maximum Gasteiger partial charge on any atom is 0.272 e. The Kier molecular flexibility index (Phi) is 4.42. The number of hydrogen-bond acceptors (Lipinski definition) is 3. The number of rotatable bonds is 5. The van der Waals surface area contributed by atoms with Crippen LogP contribution in [0.5, 0.6) is 0 Å². The average Bonchev–Trinajstić information content (AvgIpc) is 3.37. The Morgan fingerprint density at radius 3 is 2.77 bits per heavy atom. The van der Waals surface area contributed by atoms with E-state index in [1.807, 2.05) is 18.2 Å². The minimum Gasteiger partial charge on any atom is -0.330 e. The van der Waals surface area contributed by atoms with Gasteiger partial charge in [0.25, 0.3) is 5.91 Å². The van der Waals surface area contributed by atoms with Gasteiger partial charge in [0.15, 0.2) is 0 Å². The lowest BCUT2D eigenvalue weighted by Gasteiger charge is -2.22. The van der Waals surface area contributed by atoms with Gasteiger partial charge in [-0.3, -0.25) is 14.9 Å². The summed E-state index contributed by atoms with van der Waals surface area (Å²) in [6, 6.07) is 11.8. The SMILES string of the molecule is O=C(c1cc(-c2ccccn2)n[nH]1)N(Cc1c(F)cccc1Cl)C1CC1. The number of nitrogens with one attached hydrogen (secondary N) is 1. The quantitative estimate of drug-likeness (QED) is 0.736. The van der Waals surface area contributed by atoms with E-state index < -0.39 is 5.82 Å². The van der Waals surface area contributed by atoms with Crippen molar-refractivity contribution in [1.82, 2.24) is 20.1 Å². The average molecular weight is 371 g/mol. The molecule has 0 spiro atoms. The molecule has 3 aromatic rings. The number of aromatic nitrogens is 3. The van der Waals surface area contributed by atoms with E-state index >= 15 is 0 Å². The van der Waals surface area contributed by atoms with Gasteiger partial charge in [-0.15, -0.1) is 0 Å². The summed E-state index contributed by atoms with van der Waals surface area (Å²) >= 11 is 6.13. The summed E-state index contributed by atoms with van der Waals surface area (Å²) in [5.74, 6) is -0.628. The predicted octanol–water partition coefficient (Wildman–Crippen LogP) is 4.07. The highest BCUT2D eigenvalue weighted by molar-refractivity contribution is 6.31. The van der Waals surface area contributed by atoms with Crippen molar-refractivity contribution in [2.45, 2.75) is 25.4 Å². The molecule has 0 unspecified atom stereocenters. The Labute approximate surface area is 154 Å². The number of halogens is 2. The van der Waals surface area contributed by atoms with E-state index in [1.165, 1.54) is 6.07 Å². The third-order valence-corrected chi connectivity index (χ3v) is 4.73. The van der Waals surface area contributed by atoms with Gasteiger partial charge in [-0.2, -0.15) is 5.10 Å². The van der Waals surface area contributed by atoms with Gasteiger partial charge in [0, 0.05) is 22.8 Å². The van der Waals surface area contributed by atoms with Gasteiger partial charge in [0.2, 0.25) is 0 Å². The number of benzene rings is 1. The Balaban J connectivity index is 1.60. The van der Waals surface area contributed by atoms with Crippen molar-refractivity contribution in [2.75, 3.05) is 0 Å². The molecule has 1 aliphatic carbocycles. The molecule has 0 atom stereocenters. The van der Waals surface area contributed by atoms with Crippen molar-refractivity contribution < 1.29 is 9.18 Å². The number of nitrogens with zero attached hydrogens (tertiary/aromatic N) is 3.